The summed E-state index contributed by atoms with van der Waals surface area (Å²) < 4.78 is 79.2. The predicted molar refractivity (Wildman–Crippen MR) is 98.2 cm³/mol. The van der Waals surface area contributed by atoms with Gasteiger partial charge in [0.2, 0.25) is 5.88 Å². The molecule has 1 fully saturated rings. The zero-order valence-corrected chi connectivity index (χ0v) is 16.4. The standard InChI is InChI=1S/C18H15ClF6N4O2/c19-13-7-12(18(23,24)25)9-27-15(13)28-3-5-29(6-4-28)16(30)11-1-2-14(26-8-11)31-10-17(20,21)22/h1-2,7-9H,3-6,10H2. The van der Waals surface area contributed by atoms with E-state index in [1.165, 1.54) is 17.0 Å². The minimum Gasteiger partial charge on any atom is -0.468 e. The van der Waals surface area contributed by atoms with Gasteiger partial charge in [-0.25, -0.2) is 9.97 Å². The number of hydrogen-bond acceptors (Lipinski definition) is 5. The first-order chi connectivity index (χ1) is 14.4. The number of rotatable bonds is 4. The second-order valence-corrected chi connectivity index (χ2v) is 7.00. The monoisotopic (exact) mass is 468 g/mol. The Bertz CT molecular complexity index is 928. The van der Waals surface area contributed by atoms with Gasteiger partial charge in [-0.15, -0.1) is 0 Å². The molecule has 0 bridgehead atoms. The molecular formula is C18H15ClF6N4O2. The SMILES string of the molecule is O=C(c1ccc(OCC(F)(F)F)nc1)N1CCN(c2ncc(C(F)(F)F)cc2Cl)CC1. The molecule has 6 nitrogen and oxygen atoms in total. The van der Waals surface area contributed by atoms with E-state index >= 15 is 0 Å². The molecule has 0 atom stereocenters. The number of ether oxygens (including phenoxy) is 1. The Morgan fingerprint density at radius 3 is 2.23 bits per heavy atom. The van der Waals surface area contributed by atoms with Crippen molar-refractivity contribution >= 4 is 23.3 Å². The number of halogens is 7. The van der Waals surface area contributed by atoms with E-state index < -0.39 is 24.5 Å². The fraction of sp³-hybridized carbons (Fsp3) is 0.389. The number of pyridine rings is 2. The molecule has 2 aromatic rings. The first kappa shape index (κ1) is 22.9. The lowest BCUT2D eigenvalue weighted by atomic mass is 10.2. The summed E-state index contributed by atoms with van der Waals surface area (Å²) in [5.41, 5.74) is -0.788. The molecule has 168 valence electrons. The molecule has 3 rings (SSSR count). The average Bonchev–Trinajstić information content (AvgIpc) is 2.71. The van der Waals surface area contributed by atoms with Crippen LogP contribution in [0.25, 0.3) is 0 Å². The number of hydrogen-bond donors (Lipinski definition) is 0. The highest BCUT2D eigenvalue weighted by atomic mass is 35.5. The molecule has 1 saturated heterocycles. The molecule has 0 unspecified atom stereocenters. The third-order valence-corrected chi connectivity index (χ3v) is 4.66. The zero-order chi connectivity index (χ0) is 22.8. The summed E-state index contributed by atoms with van der Waals surface area (Å²) in [6.07, 6.45) is -7.23. The van der Waals surface area contributed by atoms with Crippen LogP contribution in [-0.2, 0) is 6.18 Å². The van der Waals surface area contributed by atoms with E-state index in [4.69, 9.17) is 11.6 Å². The molecule has 1 aliphatic rings. The number of alkyl halides is 6. The van der Waals surface area contributed by atoms with Crippen LogP contribution in [0, 0.1) is 0 Å². The van der Waals surface area contributed by atoms with Crippen LogP contribution >= 0.6 is 11.6 Å². The lowest BCUT2D eigenvalue weighted by Crippen LogP contribution is -2.49. The van der Waals surface area contributed by atoms with E-state index in [0.29, 0.717) is 6.20 Å². The number of aromatic nitrogens is 2. The van der Waals surface area contributed by atoms with Crippen LogP contribution in [0.5, 0.6) is 5.88 Å². The largest absolute Gasteiger partial charge is 0.468 e. The smallest absolute Gasteiger partial charge is 0.422 e. The van der Waals surface area contributed by atoms with Gasteiger partial charge in [0.05, 0.1) is 16.1 Å². The Balaban J connectivity index is 1.59. The molecule has 0 aliphatic carbocycles. The maximum absolute atomic E-state index is 12.7. The lowest BCUT2D eigenvalue weighted by molar-refractivity contribution is -0.154. The van der Waals surface area contributed by atoms with Crippen LogP contribution in [0.3, 0.4) is 0 Å². The molecule has 0 spiro atoms. The molecule has 0 radical (unpaired) electrons. The molecular weight excluding hydrogens is 454 g/mol. The third kappa shape index (κ3) is 5.90. The topological polar surface area (TPSA) is 58.6 Å². The maximum Gasteiger partial charge on any atom is 0.422 e. The highest BCUT2D eigenvalue weighted by Crippen LogP contribution is 2.33. The highest BCUT2D eigenvalue weighted by Gasteiger charge is 2.33. The van der Waals surface area contributed by atoms with E-state index in [-0.39, 0.29) is 54.4 Å². The predicted octanol–water partition coefficient (Wildman–Crippen LogP) is 4.05. The van der Waals surface area contributed by atoms with E-state index in [0.717, 1.165) is 12.3 Å². The Kier molecular flexibility index (Phi) is 6.48. The number of carbonyl (C=O) groups is 1. The van der Waals surface area contributed by atoms with Crippen molar-refractivity contribution in [2.45, 2.75) is 12.4 Å². The molecule has 0 saturated carbocycles. The van der Waals surface area contributed by atoms with Crippen molar-refractivity contribution in [2.24, 2.45) is 0 Å². The maximum atomic E-state index is 12.7. The van der Waals surface area contributed by atoms with Crippen LogP contribution in [0.1, 0.15) is 15.9 Å². The summed E-state index contributed by atoms with van der Waals surface area (Å²) in [7, 11) is 0. The quantitative estimate of drug-likeness (QED) is 0.634. The second kappa shape index (κ2) is 8.77. The van der Waals surface area contributed by atoms with Gasteiger partial charge in [0.1, 0.15) is 5.82 Å². The fourth-order valence-electron chi connectivity index (χ4n) is 2.87. The molecule has 3 heterocycles. The van der Waals surface area contributed by atoms with Crippen LogP contribution in [0.2, 0.25) is 5.02 Å². The number of amides is 1. The second-order valence-electron chi connectivity index (χ2n) is 6.60. The highest BCUT2D eigenvalue weighted by molar-refractivity contribution is 6.33. The van der Waals surface area contributed by atoms with Crippen LogP contribution in [0.15, 0.2) is 30.6 Å². The Labute approximate surface area is 177 Å². The lowest BCUT2D eigenvalue weighted by Gasteiger charge is -2.35. The van der Waals surface area contributed by atoms with Gasteiger partial charge in [-0.1, -0.05) is 11.6 Å². The van der Waals surface area contributed by atoms with Crippen molar-refractivity contribution in [1.82, 2.24) is 14.9 Å². The van der Waals surface area contributed by atoms with Crippen LogP contribution < -0.4 is 9.64 Å². The van der Waals surface area contributed by atoms with Gasteiger partial charge in [0, 0.05) is 44.6 Å². The van der Waals surface area contributed by atoms with Gasteiger partial charge in [-0.3, -0.25) is 4.79 Å². The van der Waals surface area contributed by atoms with Crippen molar-refractivity contribution in [2.75, 3.05) is 37.7 Å². The molecule has 0 N–H and O–H groups in total. The molecule has 1 amide bonds. The van der Waals surface area contributed by atoms with E-state index in [1.807, 2.05) is 0 Å². The van der Waals surface area contributed by atoms with Gasteiger partial charge >= 0.3 is 12.4 Å². The van der Waals surface area contributed by atoms with Gasteiger partial charge in [-0.2, -0.15) is 26.3 Å². The van der Waals surface area contributed by atoms with Gasteiger partial charge in [-0.05, 0) is 12.1 Å². The summed E-state index contributed by atoms with van der Waals surface area (Å²) in [5.74, 6) is -0.461. The molecule has 2 aromatic heterocycles. The summed E-state index contributed by atoms with van der Waals surface area (Å²) >= 11 is 5.96. The molecule has 13 heteroatoms. The number of anilines is 1. The first-order valence-electron chi connectivity index (χ1n) is 8.86. The molecule has 0 aromatic carbocycles. The fourth-order valence-corrected chi connectivity index (χ4v) is 3.16. The Hall–Kier alpha value is -2.76. The average molecular weight is 469 g/mol. The zero-order valence-electron chi connectivity index (χ0n) is 15.7. The summed E-state index contributed by atoms with van der Waals surface area (Å²) in [6, 6.07) is 3.28. The van der Waals surface area contributed by atoms with Gasteiger partial charge in [0.25, 0.3) is 5.91 Å². The van der Waals surface area contributed by atoms with Crippen molar-refractivity contribution in [3.63, 3.8) is 0 Å². The Morgan fingerprint density at radius 2 is 1.71 bits per heavy atom. The molecule has 31 heavy (non-hydrogen) atoms. The number of nitrogens with zero attached hydrogens (tertiary/aromatic N) is 4. The van der Waals surface area contributed by atoms with Crippen LogP contribution in [0.4, 0.5) is 32.2 Å². The number of piperazine rings is 1. The summed E-state index contributed by atoms with van der Waals surface area (Å²) in [4.78, 5) is 23.2. The van der Waals surface area contributed by atoms with Gasteiger partial charge < -0.3 is 14.5 Å². The normalized spacial score (nSPS) is 15.2. The third-order valence-electron chi connectivity index (χ3n) is 4.38. The minimum atomic E-state index is -4.55. The summed E-state index contributed by atoms with van der Waals surface area (Å²) in [6.45, 7) is -0.446. The molecule has 1 aliphatic heterocycles. The summed E-state index contributed by atoms with van der Waals surface area (Å²) in [5, 5.41) is -0.145. The van der Waals surface area contributed by atoms with E-state index in [1.54, 1.807) is 4.90 Å². The Morgan fingerprint density at radius 1 is 1.03 bits per heavy atom. The van der Waals surface area contributed by atoms with E-state index in [2.05, 4.69) is 14.7 Å². The first-order valence-corrected chi connectivity index (χ1v) is 9.24. The van der Waals surface area contributed by atoms with Crippen molar-refractivity contribution < 1.29 is 35.9 Å². The van der Waals surface area contributed by atoms with Crippen molar-refractivity contribution in [1.29, 1.82) is 0 Å². The van der Waals surface area contributed by atoms with Crippen molar-refractivity contribution in [3.05, 3.63) is 46.7 Å². The minimum absolute atomic E-state index is 0.145. The van der Waals surface area contributed by atoms with E-state index in [9.17, 15) is 31.1 Å². The van der Waals surface area contributed by atoms with Crippen molar-refractivity contribution in [3.8, 4) is 5.88 Å². The van der Waals surface area contributed by atoms with Crippen LogP contribution in [-0.4, -0.2) is 59.7 Å². The van der Waals surface area contributed by atoms with Gasteiger partial charge in [0.15, 0.2) is 6.61 Å². The number of carbonyl (C=O) groups excluding carboxylic acids is 1.